The molecule has 4 heterocycles. The number of nitrogens with zero attached hydrogens (tertiary/aromatic N) is 4. The average molecular weight is 440 g/mol. The van der Waals surface area contributed by atoms with E-state index in [0.29, 0.717) is 41.3 Å². The number of fused-ring (bicyclic) bond motifs is 3. The van der Waals surface area contributed by atoms with Crippen LogP contribution in [0.15, 0.2) is 36.4 Å². The number of aromatic nitrogens is 2. The van der Waals surface area contributed by atoms with Crippen LogP contribution in [0.5, 0.6) is 5.88 Å². The van der Waals surface area contributed by atoms with Gasteiger partial charge in [-0.15, -0.1) is 0 Å². The number of hydrogen-bond acceptors (Lipinski definition) is 6. The summed E-state index contributed by atoms with van der Waals surface area (Å²) in [6, 6.07) is 9.88. The maximum atomic E-state index is 15.2. The maximum absolute atomic E-state index is 15.2. The first kappa shape index (κ1) is 21.0. The molecule has 0 amide bonds. The molecule has 2 saturated heterocycles. The number of halogens is 2. The zero-order valence-electron chi connectivity index (χ0n) is 18.3. The van der Waals surface area contributed by atoms with Crippen LogP contribution < -0.4 is 15.0 Å². The number of likely N-dealkylation sites (N-methyl/N-ethyl adjacent to an activating group) is 1. The third kappa shape index (κ3) is 3.89. The summed E-state index contributed by atoms with van der Waals surface area (Å²) in [4.78, 5) is 13.7. The summed E-state index contributed by atoms with van der Waals surface area (Å²) in [5.74, 6) is 0.0817. The van der Waals surface area contributed by atoms with E-state index < -0.39 is 11.6 Å². The van der Waals surface area contributed by atoms with Gasteiger partial charge in [0.1, 0.15) is 29.8 Å². The van der Waals surface area contributed by atoms with Gasteiger partial charge in [-0.1, -0.05) is 12.1 Å². The molecule has 2 atom stereocenters. The molecule has 32 heavy (non-hydrogen) atoms. The Bertz CT molecular complexity index is 1120. The van der Waals surface area contributed by atoms with E-state index in [9.17, 15) is 4.39 Å². The zero-order chi connectivity index (χ0) is 22.2. The lowest BCUT2D eigenvalue weighted by molar-refractivity contribution is 0.254. The van der Waals surface area contributed by atoms with Crippen LogP contribution in [-0.4, -0.2) is 67.3 Å². The van der Waals surface area contributed by atoms with Gasteiger partial charge >= 0.3 is 0 Å². The molecule has 2 bridgehead atoms. The molecule has 2 aliphatic rings. The van der Waals surface area contributed by atoms with Gasteiger partial charge in [-0.3, -0.25) is 0 Å². The average Bonchev–Trinajstić information content (AvgIpc) is 3.01. The van der Waals surface area contributed by atoms with Gasteiger partial charge in [-0.25, -0.2) is 13.8 Å². The minimum absolute atomic E-state index is 0.00438. The highest BCUT2D eigenvalue weighted by Gasteiger charge is 2.38. The van der Waals surface area contributed by atoms with Gasteiger partial charge in [0.05, 0.1) is 5.52 Å². The Labute approximate surface area is 186 Å². The first-order chi connectivity index (χ1) is 15.5. The summed E-state index contributed by atoms with van der Waals surface area (Å²) in [5.41, 5.74) is 0.685. The molecular weight excluding hydrogens is 412 g/mol. The number of hydrogen-bond donors (Lipinski definition) is 1. The predicted octanol–water partition coefficient (Wildman–Crippen LogP) is 3.46. The quantitative estimate of drug-likeness (QED) is 0.635. The number of piperazine rings is 1. The van der Waals surface area contributed by atoms with Crippen molar-refractivity contribution in [2.45, 2.75) is 24.9 Å². The van der Waals surface area contributed by atoms with E-state index >= 15 is 4.39 Å². The molecule has 168 valence electrons. The van der Waals surface area contributed by atoms with Crippen LogP contribution in [0.4, 0.5) is 14.6 Å². The normalized spacial score (nSPS) is 20.3. The Morgan fingerprint density at radius 2 is 1.81 bits per heavy atom. The highest BCUT2D eigenvalue weighted by atomic mass is 19.1. The highest BCUT2D eigenvalue weighted by molar-refractivity contribution is 5.92. The van der Waals surface area contributed by atoms with Gasteiger partial charge in [0.2, 0.25) is 5.88 Å². The number of nitrogens with one attached hydrogen (secondary N) is 1. The second-order valence-corrected chi connectivity index (χ2v) is 8.75. The lowest BCUT2D eigenvalue weighted by atomic mass is 10.1. The fourth-order valence-corrected chi connectivity index (χ4v) is 4.68. The summed E-state index contributed by atoms with van der Waals surface area (Å²) in [6.07, 6.45) is 2.13. The van der Waals surface area contributed by atoms with Crippen molar-refractivity contribution in [3.8, 4) is 17.1 Å². The summed E-state index contributed by atoms with van der Waals surface area (Å²) < 4.78 is 35.5. The van der Waals surface area contributed by atoms with Gasteiger partial charge in [0.25, 0.3) is 0 Å². The van der Waals surface area contributed by atoms with Crippen molar-refractivity contribution < 1.29 is 13.5 Å². The molecule has 6 nitrogen and oxygen atoms in total. The molecule has 3 aromatic rings. The number of ether oxygens (including phenoxy) is 1. The molecule has 2 aliphatic heterocycles. The second-order valence-electron chi connectivity index (χ2n) is 8.75. The molecule has 2 aromatic heterocycles. The second kappa shape index (κ2) is 8.60. The fraction of sp³-hybridized carbons (Fsp3) is 0.417. The standard InChI is InChI=1S/C24H27F2N5O/c1-30(2)9-10-32-22-12-21-18(24(29-22)31-15-7-8-16(31)14-27-13-15)11-20(26)23(28-21)17-5-3-4-6-19(17)25/h3-6,11-12,15-16,27H,7-10,13-14H2,1-2H3. The van der Waals surface area contributed by atoms with E-state index in [1.807, 2.05) is 19.0 Å². The first-order valence-corrected chi connectivity index (χ1v) is 11.0. The molecule has 2 fully saturated rings. The van der Waals surface area contributed by atoms with Gasteiger partial charge in [-0.05, 0) is 45.1 Å². The smallest absolute Gasteiger partial charge is 0.217 e. The van der Waals surface area contributed by atoms with Crippen LogP contribution >= 0.6 is 0 Å². The molecule has 1 aromatic carbocycles. The Morgan fingerprint density at radius 3 is 2.53 bits per heavy atom. The molecule has 1 N–H and O–H groups in total. The van der Waals surface area contributed by atoms with E-state index in [0.717, 1.165) is 32.5 Å². The molecule has 0 radical (unpaired) electrons. The van der Waals surface area contributed by atoms with Crippen molar-refractivity contribution in [3.63, 3.8) is 0 Å². The Balaban J connectivity index is 1.64. The molecule has 0 saturated carbocycles. The van der Waals surface area contributed by atoms with E-state index in [1.165, 1.54) is 12.1 Å². The van der Waals surface area contributed by atoms with Gasteiger partial charge in [-0.2, -0.15) is 4.98 Å². The predicted molar refractivity (Wildman–Crippen MR) is 121 cm³/mol. The van der Waals surface area contributed by atoms with Crippen LogP contribution in [0.1, 0.15) is 12.8 Å². The van der Waals surface area contributed by atoms with Crippen LogP contribution in [0, 0.1) is 11.6 Å². The molecule has 0 spiro atoms. The van der Waals surface area contributed by atoms with E-state index in [4.69, 9.17) is 9.72 Å². The van der Waals surface area contributed by atoms with Gasteiger partial charge in [0, 0.05) is 48.7 Å². The van der Waals surface area contributed by atoms with E-state index in [2.05, 4.69) is 15.2 Å². The zero-order valence-corrected chi connectivity index (χ0v) is 18.3. The van der Waals surface area contributed by atoms with Crippen molar-refractivity contribution in [1.82, 2.24) is 20.2 Å². The fourth-order valence-electron chi connectivity index (χ4n) is 4.68. The Kier molecular flexibility index (Phi) is 5.65. The van der Waals surface area contributed by atoms with Crippen molar-refractivity contribution >= 4 is 16.7 Å². The topological polar surface area (TPSA) is 53.5 Å². The lowest BCUT2D eigenvalue weighted by Gasteiger charge is -2.37. The van der Waals surface area contributed by atoms with Crippen LogP contribution in [0.2, 0.25) is 0 Å². The largest absolute Gasteiger partial charge is 0.476 e. The molecular formula is C24H27F2N5O. The van der Waals surface area contributed by atoms with Crippen LogP contribution in [0.3, 0.4) is 0 Å². The third-order valence-electron chi connectivity index (χ3n) is 6.26. The van der Waals surface area contributed by atoms with Gasteiger partial charge < -0.3 is 19.9 Å². The molecule has 0 aliphatic carbocycles. The third-order valence-corrected chi connectivity index (χ3v) is 6.26. The van der Waals surface area contributed by atoms with E-state index in [-0.39, 0.29) is 11.3 Å². The van der Waals surface area contributed by atoms with Crippen molar-refractivity contribution in [3.05, 3.63) is 48.0 Å². The number of rotatable bonds is 6. The summed E-state index contributed by atoms with van der Waals surface area (Å²) in [6.45, 7) is 2.95. The highest BCUT2D eigenvalue weighted by Crippen LogP contribution is 2.38. The minimum Gasteiger partial charge on any atom is -0.476 e. The summed E-state index contributed by atoms with van der Waals surface area (Å²) >= 11 is 0. The monoisotopic (exact) mass is 439 g/mol. The Morgan fingerprint density at radius 1 is 1.06 bits per heavy atom. The van der Waals surface area contributed by atoms with Crippen molar-refractivity contribution in [1.29, 1.82) is 0 Å². The van der Waals surface area contributed by atoms with Crippen molar-refractivity contribution in [2.24, 2.45) is 0 Å². The van der Waals surface area contributed by atoms with Crippen LogP contribution in [0.25, 0.3) is 22.2 Å². The Hall–Kier alpha value is -2.84. The van der Waals surface area contributed by atoms with Crippen LogP contribution in [-0.2, 0) is 0 Å². The first-order valence-electron chi connectivity index (χ1n) is 11.0. The number of pyridine rings is 2. The number of anilines is 1. The minimum atomic E-state index is -0.561. The lowest BCUT2D eigenvalue weighted by Crippen LogP contribution is -2.52. The molecule has 2 unspecified atom stereocenters. The SMILES string of the molecule is CN(C)CCOc1cc2nc(-c3ccccc3F)c(F)cc2c(N2C3CCC2CNC3)n1. The van der Waals surface area contributed by atoms with E-state index in [1.54, 1.807) is 24.3 Å². The summed E-state index contributed by atoms with van der Waals surface area (Å²) in [5, 5.41) is 4.09. The number of benzene rings is 1. The van der Waals surface area contributed by atoms with Gasteiger partial charge in [0.15, 0.2) is 0 Å². The molecule has 8 heteroatoms. The van der Waals surface area contributed by atoms with Crippen molar-refractivity contribution in [2.75, 3.05) is 45.2 Å². The molecule has 5 rings (SSSR count). The summed E-state index contributed by atoms with van der Waals surface area (Å²) in [7, 11) is 3.96. The maximum Gasteiger partial charge on any atom is 0.217 e.